The molecule has 3 rings (SSSR count). The molecular formula is C22H25N5O2S. The molecule has 156 valence electrons. The molecule has 30 heavy (non-hydrogen) atoms. The molecule has 0 radical (unpaired) electrons. The Morgan fingerprint density at radius 2 is 1.90 bits per heavy atom. The Morgan fingerprint density at radius 3 is 2.57 bits per heavy atom. The van der Waals surface area contributed by atoms with E-state index in [1.807, 2.05) is 43.5 Å². The Kier molecular flexibility index (Phi) is 6.89. The van der Waals surface area contributed by atoms with Crippen LogP contribution in [-0.2, 0) is 11.3 Å². The molecule has 2 aromatic carbocycles. The van der Waals surface area contributed by atoms with Crippen molar-refractivity contribution in [3.05, 3.63) is 59.2 Å². The molecule has 2 amide bonds. The maximum Gasteiger partial charge on any atom is 0.251 e. The van der Waals surface area contributed by atoms with Gasteiger partial charge in [-0.05, 0) is 50.6 Å². The molecule has 0 aliphatic rings. The minimum atomic E-state index is -0.158. The summed E-state index contributed by atoms with van der Waals surface area (Å²) in [6.45, 7) is 6.64. The van der Waals surface area contributed by atoms with Gasteiger partial charge in [0.1, 0.15) is 0 Å². The summed E-state index contributed by atoms with van der Waals surface area (Å²) < 4.78 is 2.01. The molecule has 0 bridgehead atoms. The molecule has 1 aromatic heterocycles. The first kappa shape index (κ1) is 21.6. The number of anilines is 1. The Hall–Kier alpha value is -3.13. The summed E-state index contributed by atoms with van der Waals surface area (Å²) in [6, 6.07) is 13.3. The van der Waals surface area contributed by atoms with Gasteiger partial charge < -0.3 is 15.2 Å². The molecule has 0 aliphatic heterocycles. The van der Waals surface area contributed by atoms with Crippen LogP contribution in [0.1, 0.15) is 28.4 Å². The number of hydrogen-bond acceptors (Lipinski definition) is 5. The molecule has 3 aromatic rings. The van der Waals surface area contributed by atoms with Crippen LogP contribution in [0.25, 0.3) is 11.4 Å². The van der Waals surface area contributed by atoms with E-state index in [0.717, 1.165) is 22.5 Å². The highest BCUT2D eigenvalue weighted by Crippen LogP contribution is 2.25. The largest absolute Gasteiger partial charge is 0.355 e. The van der Waals surface area contributed by atoms with Gasteiger partial charge in [-0.3, -0.25) is 9.59 Å². The van der Waals surface area contributed by atoms with Crippen molar-refractivity contribution in [2.24, 2.45) is 0 Å². The molecule has 7 nitrogen and oxygen atoms in total. The lowest BCUT2D eigenvalue weighted by atomic mass is 10.1. The van der Waals surface area contributed by atoms with E-state index < -0.39 is 0 Å². The van der Waals surface area contributed by atoms with Crippen molar-refractivity contribution in [1.29, 1.82) is 0 Å². The Morgan fingerprint density at radius 1 is 1.10 bits per heavy atom. The van der Waals surface area contributed by atoms with Gasteiger partial charge in [0.25, 0.3) is 5.91 Å². The van der Waals surface area contributed by atoms with Gasteiger partial charge in [0.15, 0.2) is 11.0 Å². The van der Waals surface area contributed by atoms with Crippen LogP contribution in [0.5, 0.6) is 0 Å². The normalized spacial score (nSPS) is 10.7. The third-order valence-electron chi connectivity index (χ3n) is 4.63. The predicted octanol–water partition coefficient (Wildman–Crippen LogP) is 3.67. The highest BCUT2D eigenvalue weighted by atomic mass is 32.2. The predicted molar refractivity (Wildman–Crippen MR) is 120 cm³/mol. The third kappa shape index (κ3) is 4.88. The van der Waals surface area contributed by atoms with Crippen LogP contribution in [0.3, 0.4) is 0 Å². The van der Waals surface area contributed by atoms with Gasteiger partial charge in [0, 0.05) is 30.4 Å². The van der Waals surface area contributed by atoms with Crippen LogP contribution in [0.4, 0.5) is 5.69 Å². The van der Waals surface area contributed by atoms with E-state index in [4.69, 9.17) is 0 Å². The minimum absolute atomic E-state index is 0.140. The van der Waals surface area contributed by atoms with Gasteiger partial charge >= 0.3 is 0 Å². The SMILES string of the molecule is CCn1c(SCC(=O)Nc2ccc(C(=O)NC)cc2C)nnc1-c1cccc(C)c1. The summed E-state index contributed by atoms with van der Waals surface area (Å²) in [7, 11) is 1.59. The monoisotopic (exact) mass is 423 g/mol. The molecule has 0 saturated carbocycles. The van der Waals surface area contributed by atoms with Crippen LogP contribution in [0.2, 0.25) is 0 Å². The molecule has 0 spiro atoms. The zero-order chi connectivity index (χ0) is 21.7. The van der Waals surface area contributed by atoms with E-state index in [0.29, 0.717) is 23.0 Å². The zero-order valence-corrected chi connectivity index (χ0v) is 18.3. The summed E-state index contributed by atoms with van der Waals surface area (Å²) in [6.07, 6.45) is 0. The van der Waals surface area contributed by atoms with Crippen LogP contribution in [0.15, 0.2) is 47.6 Å². The molecule has 0 atom stereocenters. The number of amides is 2. The van der Waals surface area contributed by atoms with Crippen LogP contribution in [-0.4, -0.2) is 39.4 Å². The van der Waals surface area contributed by atoms with E-state index >= 15 is 0 Å². The maximum atomic E-state index is 12.5. The van der Waals surface area contributed by atoms with Crippen molar-refractivity contribution in [3.63, 3.8) is 0 Å². The van der Waals surface area contributed by atoms with Crippen molar-refractivity contribution in [2.45, 2.75) is 32.5 Å². The molecule has 1 heterocycles. The second-order valence-corrected chi connectivity index (χ2v) is 7.81. The molecule has 8 heteroatoms. The lowest BCUT2D eigenvalue weighted by molar-refractivity contribution is -0.113. The van der Waals surface area contributed by atoms with Crippen molar-refractivity contribution in [2.75, 3.05) is 18.1 Å². The molecule has 0 saturated heterocycles. The number of thioether (sulfide) groups is 1. The number of nitrogens with one attached hydrogen (secondary N) is 2. The van der Waals surface area contributed by atoms with Crippen LogP contribution >= 0.6 is 11.8 Å². The average Bonchev–Trinajstić information content (AvgIpc) is 3.16. The lowest BCUT2D eigenvalue weighted by Gasteiger charge is -2.10. The van der Waals surface area contributed by atoms with Crippen molar-refractivity contribution < 1.29 is 9.59 Å². The fraction of sp³-hybridized carbons (Fsp3) is 0.273. The summed E-state index contributed by atoms with van der Waals surface area (Å²) in [4.78, 5) is 24.2. The number of rotatable bonds is 7. The van der Waals surface area contributed by atoms with Crippen molar-refractivity contribution >= 4 is 29.3 Å². The minimum Gasteiger partial charge on any atom is -0.355 e. The van der Waals surface area contributed by atoms with Gasteiger partial charge in [0.2, 0.25) is 5.91 Å². The fourth-order valence-corrected chi connectivity index (χ4v) is 3.89. The first-order valence-corrected chi connectivity index (χ1v) is 10.7. The van der Waals surface area contributed by atoms with Gasteiger partial charge in [-0.25, -0.2) is 0 Å². The smallest absolute Gasteiger partial charge is 0.251 e. The standard InChI is InChI=1S/C22H25N5O2S/c1-5-27-20(16-8-6-7-14(2)11-16)25-26-22(27)30-13-19(28)24-18-10-9-17(12-15(18)3)21(29)23-4/h6-12H,5,13H2,1-4H3,(H,23,29)(H,24,28). The highest BCUT2D eigenvalue weighted by Gasteiger charge is 2.15. The number of hydrogen-bond donors (Lipinski definition) is 2. The van der Waals surface area contributed by atoms with Gasteiger partial charge in [0.05, 0.1) is 5.75 Å². The first-order chi connectivity index (χ1) is 14.4. The topological polar surface area (TPSA) is 88.9 Å². The molecule has 0 unspecified atom stereocenters. The maximum absolute atomic E-state index is 12.5. The van der Waals surface area contributed by atoms with Gasteiger partial charge in [-0.1, -0.05) is 35.5 Å². The van der Waals surface area contributed by atoms with E-state index in [9.17, 15) is 9.59 Å². The van der Waals surface area contributed by atoms with Crippen LogP contribution in [0, 0.1) is 13.8 Å². The molecule has 0 fully saturated rings. The molecular weight excluding hydrogens is 398 g/mol. The third-order valence-corrected chi connectivity index (χ3v) is 5.60. The molecule has 2 N–H and O–H groups in total. The number of carbonyl (C=O) groups is 2. The quantitative estimate of drug-likeness (QED) is 0.566. The van der Waals surface area contributed by atoms with E-state index in [2.05, 4.69) is 26.9 Å². The fourth-order valence-electron chi connectivity index (χ4n) is 3.08. The first-order valence-electron chi connectivity index (χ1n) is 9.68. The highest BCUT2D eigenvalue weighted by molar-refractivity contribution is 7.99. The number of benzene rings is 2. The van der Waals surface area contributed by atoms with Gasteiger partial charge in [-0.2, -0.15) is 0 Å². The van der Waals surface area contributed by atoms with Crippen molar-refractivity contribution in [3.8, 4) is 11.4 Å². The Balaban J connectivity index is 1.67. The lowest BCUT2D eigenvalue weighted by Crippen LogP contribution is -2.19. The Labute approximate surface area is 180 Å². The summed E-state index contributed by atoms with van der Waals surface area (Å²) in [5, 5.41) is 14.8. The Bertz CT molecular complexity index is 1080. The van der Waals surface area contributed by atoms with Crippen molar-refractivity contribution in [1.82, 2.24) is 20.1 Å². The zero-order valence-electron chi connectivity index (χ0n) is 17.5. The van der Waals surface area contributed by atoms with E-state index in [1.54, 1.807) is 25.2 Å². The van der Waals surface area contributed by atoms with E-state index in [-0.39, 0.29) is 17.6 Å². The summed E-state index contributed by atoms with van der Waals surface area (Å²) in [5.74, 6) is 0.709. The average molecular weight is 424 g/mol. The molecule has 0 aliphatic carbocycles. The van der Waals surface area contributed by atoms with E-state index in [1.165, 1.54) is 11.8 Å². The number of carbonyl (C=O) groups excluding carboxylic acids is 2. The second kappa shape index (κ2) is 9.58. The number of nitrogens with zero attached hydrogens (tertiary/aromatic N) is 3. The van der Waals surface area contributed by atoms with Crippen LogP contribution < -0.4 is 10.6 Å². The summed E-state index contributed by atoms with van der Waals surface area (Å²) >= 11 is 1.35. The number of aromatic nitrogens is 3. The van der Waals surface area contributed by atoms with Gasteiger partial charge in [-0.15, -0.1) is 10.2 Å². The summed E-state index contributed by atoms with van der Waals surface area (Å²) in [5.41, 5.74) is 4.23. The second-order valence-electron chi connectivity index (χ2n) is 6.87. The number of aryl methyl sites for hydroxylation is 2.